The molecule has 2 amide bonds. The number of piperidine rings is 1. The van der Waals surface area contributed by atoms with Crippen LogP contribution in [0.4, 0.5) is 5.69 Å². The standard InChI is InChI=1S/C24H29N3O4S2/c1-17-12-18(2)14-26(13-17)33(30,31)21-10-8-20(9-11-21)25-23(28)22-15-32-16-27(22)24(29)19-6-4-3-5-7-19/h3-11,17-18,22H,12-16H2,1-2H3,(H,25,28)/t17?,18?,22-/m0/s1. The molecule has 9 heteroatoms. The third-order valence-corrected chi connectivity index (χ3v) is 8.92. The molecule has 0 saturated carbocycles. The number of nitrogens with one attached hydrogen (secondary N) is 1. The SMILES string of the molecule is CC1CC(C)CN(S(=O)(=O)c2ccc(NC(=O)[C@@H]3CSCN3C(=O)c3ccccc3)cc2)C1. The van der Waals surface area contributed by atoms with Gasteiger partial charge in [-0.25, -0.2) is 8.42 Å². The fourth-order valence-electron chi connectivity index (χ4n) is 4.49. The van der Waals surface area contributed by atoms with Crippen LogP contribution in [-0.4, -0.2) is 60.2 Å². The van der Waals surface area contributed by atoms with Gasteiger partial charge in [0.15, 0.2) is 0 Å². The zero-order valence-corrected chi connectivity index (χ0v) is 20.4. The summed E-state index contributed by atoms with van der Waals surface area (Å²) >= 11 is 1.53. The predicted molar refractivity (Wildman–Crippen MR) is 130 cm³/mol. The van der Waals surface area contributed by atoms with Crippen molar-refractivity contribution in [2.45, 2.75) is 31.2 Å². The molecule has 2 unspecified atom stereocenters. The van der Waals surface area contributed by atoms with Crippen LogP contribution < -0.4 is 5.32 Å². The van der Waals surface area contributed by atoms with Crippen molar-refractivity contribution in [3.8, 4) is 0 Å². The lowest BCUT2D eigenvalue weighted by atomic mass is 9.94. The molecule has 2 aromatic carbocycles. The average molecular weight is 488 g/mol. The lowest BCUT2D eigenvalue weighted by molar-refractivity contribution is -0.119. The molecule has 1 N–H and O–H groups in total. The van der Waals surface area contributed by atoms with Gasteiger partial charge >= 0.3 is 0 Å². The molecule has 0 spiro atoms. The molecular formula is C24H29N3O4S2. The minimum atomic E-state index is -3.57. The Balaban J connectivity index is 1.43. The van der Waals surface area contributed by atoms with Crippen LogP contribution in [0.15, 0.2) is 59.5 Å². The van der Waals surface area contributed by atoms with Crippen molar-refractivity contribution in [2.24, 2.45) is 11.8 Å². The van der Waals surface area contributed by atoms with Gasteiger partial charge in [0, 0.05) is 30.1 Å². The van der Waals surface area contributed by atoms with Gasteiger partial charge in [-0.15, -0.1) is 11.8 Å². The molecule has 0 bridgehead atoms. The molecule has 0 aromatic heterocycles. The second-order valence-corrected chi connectivity index (χ2v) is 11.9. The van der Waals surface area contributed by atoms with Crippen LogP contribution in [0.1, 0.15) is 30.6 Å². The first-order valence-corrected chi connectivity index (χ1v) is 13.7. The minimum absolute atomic E-state index is 0.174. The highest BCUT2D eigenvalue weighted by molar-refractivity contribution is 7.99. The quantitative estimate of drug-likeness (QED) is 0.698. The molecule has 0 aliphatic carbocycles. The van der Waals surface area contributed by atoms with Crippen LogP contribution in [0.5, 0.6) is 0 Å². The Hall–Kier alpha value is -2.36. The lowest BCUT2D eigenvalue weighted by Crippen LogP contribution is -2.44. The summed E-state index contributed by atoms with van der Waals surface area (Å²) in [5, 5.41) is 2.84. The number of anilines is 1. The van der Waals surface area contributed by atoms with E-state index in [0.29, 0.717) is 47.8 Å². The maximum Gasteiger partial charge on any atom is 0.255 e. The minimum Gasteiger partial charge on any atom is -0.324 e. The summed E-state index contributed by atoms with van der Waals surface area (Å²) in [5.74, 6) is 1.17. The molecule has 2 aliphatic heterocycles. The van der Waals surface area contributed by atoms with E-state index in [1.54, 1.807) is 45.6 Å². The van der Waals surface area contributed by atoms with Crippen molar-refractivity contribution in [2.75, 3.05) is 30.0 Å². The Morgan fingerprint density at radius 3 is 2.24 bits per heavy atom. The fourth-order valence-corrected chi connectivity index (χ4v) is 7.33. The van der Waals surface area contributed by atoms with E-state index in [-0.39, 0.29) is 16.7 Å². The molecule has 3 atom stereocenters. The third kappa shape index (κ3) is 5.26. The molecule has 0 radical (unpaired) electrons. The van der Waals surface area contributed by atoms with Crippen molar-refractivity contribution in [1.29, 1.82) is 0 Å². The molecule has 176 valence electrons. The van der Waals surface area contributed by atoms with Crippen molar-refractivity contribution in [3.05, 3.63) is 60.2 Å². The monoisotopic (exact) mass is 487 g/mol. The number of benzene rings is 2. The first-order valence-electron chi connectivity index (χ1n) is 11.1. The fraction of sp³-hybridized carbons (Fsp3) is 0.417. The predicted octanol–water partition coefficient (Wildman–Crippen LogP) is 3.51. The number of hydrogen-bond acceptors (Lipinski definition) is 5. The van der Waals surface area contributed by atoms with Gasteiger partial charge in [0.05, 0.1) is 10.8 Å². The Morgan fingerprint density at radius 2 is 1.61 bits per heavy atom. The van der Waals surface area contributed by atoms with Gasteiger partial charge < -0.3 is 10.2 Å². The van der Waals surface area contributed by atoms with Crippen LogP contribution in [0.25, 0.3) is 0 Å². The first-order chi connectivity index (χ1) is 15.8. The molecule has 2 heterocycles. The Kier molecular flexibility index (Phi) is 7.11. The van der Waals surface area contributed by atoms with Crippen LogP contribution in [0, 0.1) is 11.8 Å². The van der Waals surface area contributed by atoms with Crippen molar-refractivity contribution < 1.29 is 18.0 Å². The van der Waals surface area contributed by atoms with Crippen LogP contribution >= 0.6 is 11.8 Å². The van der Waals surface area contributed by atoms with E-state index >= 15 is 0 Å². The highest BCUT2D eigenvalue weighted by Crippen LogP contribution is 2.28. The number of rotatable bonds is 5. The Bertz CT molecular complexity index is 1100. The van der Waals surface area contributed by atoms with Crippen molar-refractivity contribution >= 4 is 39.3 Å². The van der Waals surface area contributed by atoms with Gasteiger partial charge in [0.1, 0.15) is 6.04 Å². The van der Waals surface area contributed by atoms with E-state index < -0.39 is 16.1 Å². The summed E-state index contributed by atoms with van der Waals surface area (Å²) in [6.45, 7) is 5.19. The molecule has 4 rings (SSSR count). The topological polar surface area (TPSA) is 86.8 Å². The molecule has 33 heavy (non-hydrogen) atoms. The van der Waals surface area contributed by atoms with E-state index in [9.17, 15) is 18.0 Å². The van der Waals surface area contributed by atoms with Crippen LogP contribution in [0.2, 0.25) is 0 Å². The lowest BCUT2D eigenvalue weighted by Gasteiger charge is -2.34. The van der Waals surface area contributed by atoms with E-state index in [1.807, 2.05) is 6.07 Å². The van der Waals surface area contributed by atoms with Crippen LogP contribution in [-0.2, 0) is 14.8 Å². The molecular weight excluding hydrogens is 458 g/mol. The van der Waals surface area contributed by atoms with E-state index in [0.717, 1.165) is 6.42 Å². The second-order valence-electron chi connectivity index (χ2n) is 8.94. The van der Waals surface area contributed by atoms with Crippen molar-refractivity contribution in [3.63, 3.8) is 0 Å². The van der Waals surface area contributed by atoms with Gasteiger partial charge in [-0.2, -0.15) is 4.31 Å². The summed E-state index contributed by atoms with van der Waals surface area (Å²) in [6.07, 6.45) is 1.03. The summed E-state index contributed by atoms with van der Waals surface area (Å²) in [6, 6.07) is 14.6. The number of carbonyl (C=O) groups excluding carboxylic acids is 2. The van der Waals surface area contributed by atoms with Crippen LogP contribution in [0.3, 0.4) is 0 Å². The Labute approximate surface area is 199 Å². The maximum absolute atomic E-state index is 13.1. The number of nitrogens with zero attached hydrogens (tertiary/aromatic N) is 2. The normalized spacial score (nSPS) is 23.9. The van der Waals surface area contributed by atoms with E-state index in [2.05, 4.69) is 19.2 Å². The number of carbonyl (C=O) groups is 2. The number of sulfonamides is 1. The number of thioether (sulfide) groups is 1. The van der Waals surface area contributed by atoms with Crippen molar-refractivity contribution in [1.82, 2.24) is 9.21 Å². The van der Waals surface area contributed by atoms with Gasteiger partial charge in [-0.1, -0.05) is 32.0 Å². The smallest absolute Gasteiger partial charge is 0.255 e. The average Bonchev–Trinajstić information content (AvgIpc) is 3.29. The largest absolute Gasteiger partial charge is 0.324 e. The molecule has 2 aromatic rings. The highest BCUT2D eigenvalue weighted by atomic mass is 32.2. The third-order valence-electron chi connectivity index (χ3n) is 6.06. The number of amides is 2. The first kappa shape index (κ1) is 23.8. The molecule has 2 aliphatic rings. The van der Waals surface area contributed by atoms with Gasteiger partial charge in [0.2, 0.25) is 15.9 Å². The Morgan fingerprint density at radius 1 is 0.970 bits per heavy atom. The molecule has 7 nitrogen and oxygen atoms in total. The summed E-state index contributed by atoms with van der Waals surface area (Å²) in [5.41, 5.74) is 1.05. The van der Waals surface area contributed by atoms with Gasteiger partial charge in [0.25, 0.3) is 5.91 Å². The highest BCUT2D eigenvalue weighted by Gasteiger charge is 2.35. The zero-order valence-electron chi connectivity index (χ0n) is 18.8. The number of hydrogen-bond donors (Lipinski definition) is 1. The maximum atomic E-state index is 13.1. The molecule has 2 fully saturated rings. The summed E-state index contributed by atoms with van der Waals surface area (Å²) in [7, 11) is -3.57. The van der Waals surface area contributed by atoms with Gasteiger partial charge in [-0.05, 0) is 54.7 Å². The second kappa shape index (κ2) is 9.87. The van der Waals surface area contributed by atoms with E-state index in [4.69, 9.17) is 0 Å². The van der Waals surface area contributed by atoms with E-state index in [1.165, 1.54) is 23.9 Å². The zero-order chi connectivity index (χ0) is 23.6. The summed E-state index contributed by atoms with van der Waals surface area (Å²) < 4.78 is 27.7. The van der Waals surface area contributed by atoms with Gasteiger partial charge in [-0.3, -0.25) is 9.59 Å². The molecule has 2 saturated heterocycles. The summed E-state index contributed by atoms with van der Waals surface area (Å²) in [4.78, 5) is 27.5.